The molecule has 0 unspecified atom stereocenters. The van der Waals surface area contributed by atoms with Crippen LogP contribution >= 0.6 is 22.9 Å². The lowest BCUT2D eigenvalue weighted by Crippen LogP contribution is -2.44. The van der Waals surface area contributed by atoms with Crippen molar-refractivity contribution in [2.45, 2.75) is 43.2 Å². The number of hydrogen-bond acceptors (Lipinski definition) is 5. The number of thiophene rings is 1. The molecule has 0 saturated carbocycles. The second-order valence-electron chi connectivity index (χ2n) is 7.32. The van der Waals surface area contributed by atoms with E-state index in [1.54, 1.807) is 11.3 Å². The van der Waals surface area contributed by atoms with E-state index in [1.807, 2.05) is 29.6 Å². The number of hydrogen-bond donors (Lipinski definition) is 0. The van der Waals surface area contributed by atoms with Crippen molar-refractivity contribution in [1.29, 1.82) is 0 Å². The van der Waals surface area contributed by atoms with Crippen molar-refractivity contribution in [3.05, 3.63) is 58.3 Å². The summed E-state index contributed by atoms with van der Waals surface area (Å²) in [6, 6.07) is 13.4. The second kappa shape index (κ2) is 6.48. The van der Waals surface area contributed by atoms with E-state index in [1.165, 1.54) is 18.4 Å². The summed E-state index contributed by atoms with van der Waals surface area (Å²) in [6.07, 6.45) is 3.55. The molecule has 2 bridgehead atoms. The Morgan fingerprint density at radius 1 is 1.19 bits per heavy atom. The predicted molar refractivity (Wildman–Crippen MR) is 104 cm³/mol. The number of benzene rings is 1. The van der Waals surface area contributed by atoms with E-state index in [9.17, 15) is 0 Å². The largest absolute Gasteiger partial charge is 0.339 e. The highest BCUT2D eigenvalue weighted by Gasteiger charge is 2.48. The molecule has 0 N–H and O–H groups in total. The standard InChI is InChI=1S/C20H20ClN3OS/c1-24-14-8-9-16(24)18(15(11-14)12-4-6-13(21)7-5-12)20-22-19(23-25-20)17-3-2-10-26-17/h2-7,10,14-16,18H,8-9,11H2,1H3/t14-,15+,16+,18-/m1/s1. The van der Waals surface area contributed by atoms with Crippen molar-refractivity contribution in [2.24, 2.45) is 0 Å². The molecule has 0 amide bonds. The van der Waals surface area contributed by atoms with Crippen LogP contribution in [-0.4, -0.2) is 34.2 Å². The van der Waals surface area contributed by atoms with Crippen molar-refractivity contribution in [2.75, 3.05) is 7.05 Å². The van der Waals surface area contributed by atoms with Gasteiger partial charge in [-0.3, -0.25) is 4.90 Å². The maximum absolute atomic E-state index is 6.11. The highest BCUT2D eigenvalue weighted by Crippen LogP contribution is 2.50. The predicted octanol–water partition coefficient (Wildman–Crippen LogP) is 5.19. The van der Waals surface area contributed by atoms with E-state index in [0.717, 1.165) is 22.2 Å². The van der Waals surface area contributed by atoms with E-state index in [2.05, 4.69) is 29.2 Å². The van der Waals surface area contributed by atoms with Crippen LogP contribution in [0.25, 0.3) is 10.7 Å². The molecule has 2 fully saturated rings. The molecule has 0 radical (unpaired) electrons. The number of piperidine rings is 1. The van der Waals surface area contributed by atoms with Gasteiger partial charge in [-0.2, -0.15) is 4.98 Å². The first kappa shape index (κ1) is 16.5. The van der Waals surface area contributed by atoms with Crippen LogP contribution in [0.15, 0.2) is 46.3 Å². The minimum Gasteiger partial charge on any atom is -0.339 e. The van der Waals surface area contributed by atoms with E-state index in [4.69, 9.17) is 21.1 Å². The monoisotopic (exact) mass is 385 g/mol. The van der Waals surface area contributed by atoms with Crippen molar-refractivity contribution in [3.63, 3.8) is 0 Å². The molecular formula is C20H20ClN3OS. The summed E-state index contributed by atoms with van der Waals surface area (Å²) in [4.78, 5) is 8.37. The first-order chi connectivity index (χ1) is 12.7. The first-order valence-corrected chi connectivity index (χ1v) is 10.3. The first-order valence-electron chi connectivity index (χ1n) is 9.05. The van der Waals surface area contributed by atoms with Gasteiger partial charge in [-0.1, -0.05) is 35.0 Å². The van der Waals surface area contributed by atoms with E-state index >= 15 is 0 Å². The second-order valence-corrected chi connectivity index (χ2v) is 8.70. The Kier molecular flexibility index (Phi) is 4.11. The molecule has 5 rings (SSSR count). The lowest BCUT2D eigenvalue weighted by Gasteiger charge is -2.41. The molecule has 3 aromatic rings. The minimum atomic E-state index is 0.223. The molecule has 134 valence electrons. The fourth-order valence-corrected chi connectivity index (χ4v) is 5.51. The van der Waals surface area contributed by atoms with Crippen LogP contribution in [-0.2, 0) is 0 Å². The van der Waals surface area contributed by atoms with Gasteiger partial charge in [0.05, 0.1) is 10.8 Å². The molecule has 0 spiro atoms. The molecule has 4 nitrogen and oxygen atoms in total. The van der Waals surface area contributed by atoms with Gasteiger partial charge in [-0.15, -0.1) is 11.3 Å². The zero-order valence-electron chi connectivity index (χ0n) is 14.5. The molecule has 26 heavy (non-hydrogen) atoms. The van der Waals surface area contributed by atoms with Crippen molar-refractivity contribution < 1.29 is 4.52 Å². The molecule has 2 aromatic heterocycles. The van der Waals surface area contributed by atoms with Crippen LogP contribution in [0.1, 0.15) is 42.6 Å². The number of nitrogens with zero attached hydrogens (tertiary/aromatic N) is 3. The quantitative estimate of drug-likeness (QED) is 0.622. The molecule has 0 aliphatic carbocycles. The SMILES string of the molecule is CN1[C@@H]2CC[C@H]1[C@H](c1nc(-c3cccs3)no1)[C@H](c1ccc(Cl)cc1)C2. The summed E-state index contributed by atoms with van der Waals surface area (Å²) in [5.74, 6) is 2.08. The lowest BCUT2D eigenvalue weighted by molar-refractivity contribution is 0.120. The number of fused-ring (bicyclic) bond motifs is 2. The maximum Gasteiger partial charge on any atom is 0.232 e. The number of likely N-dealkylation sites (N-methyl/N-ethyl adjacent to an activating group) is 1. The van der Waals surface area contributed by atoms with Gasteiger partial charge in [0.2, 0.25) is 11.7 Å². The topological polar surface area (TPSA) is 42.2 Å². The van der Waals surface area contributed by atoms with Crippen LogP contribution in [0.3, 0.4) is 0 Å². The highest BCUT2D eigenvalue weighted by atomic mass is 35.5. The highest BCUT2D eigenvalue weighted by molar-refractivity contribution is 7.13. The molecular weight excluding hydrogens is 366 g/mol. The Bertz CT molecular complexity index is 892. The fourth-order valence-electron chi connectivity index (χ4n) is 4.73. The van der Waals surface area contributed by atoms with Gasteiger partial charge in [0, 0.05) is 17.1 Å². The molecule has 6 heteroatoms. The third-order valence-corrected chi connectivity index (χ3v) is 7.15. The summed E-state index contributed by atoms with van der Waals surface area (Å²) in [7, 11) is 2.24. The van der Waals surface area contributed by atoms with Gasteiger partial charge in [-0.25, -0.2) is 0 Å². The average molecular weight is 386 g/mol. The lowest BCUT2D eigenvalue weighted by atomic mass is 9.76. The molecule has 2 aliphatic rings. The van der Waals surface area contributed by atoms with Crippen LogP contribution in [0.5, 0.6) is 0 Å². The molecule has 2 saturated heterocycles. The van der Waals surface area contributed by atoms with Gasteiger partial charge in [0.15, 0.2) is 0 Å². The average Bonchev–Trinajstić information content (AvgIpc) is 3.37. The molecule has 2 aliphatic heterocycles. The van der Waals surface area contributed by atoms with Crippen molar-refractivity contribution in [3.8, 4) is 10.7 Å². The summed E-state index contributed by atoms with van der Waals surface area (Å²) < 4.78 is 5.80. The van der Waals surface area contributed by atoms with Crippen LogP contribution < -0.4 is 0 Å². The Morgan fingerprint density at radius 3 is 2.81 bits per heavy atom. The van der Waals surface area contributed by atoms with E-state index in [-0.39, 0.29) is 5.92 Å². The smallest absolute Gasteiger partial charge is 0.232 e. The van der Waals surface area contributed by atoms with Gasteiger partial charge in [0.25, 0.3) is 0 Å². The van der Waals surface area contributed by atoms with Gasteiger partial charge in [0.1, 0.15) is 0 Å². The number of halogens is 1. The minimum absolute atomic E-state index is 0.223. The normalized spacial score (nSPS) is 28.5. The Morgan fingerprint density at radius 2 is 2.04 bits per heavy atom. The van der Waals surface area contributed by atoms with Crippen LogP contribution in [0.2, 0.25) is 5.02 Å². The Balaban J connectivity index is 1.55. The zero-order valence-corrected chi connectivity index (χ0v) is 16.1. The zero-order chi connectivity index (χ0) is 17.7. The van der Waals surface area contributed by atoms with Crippen LogP contribution in [0.4, 0.5) is 0 Å². The van der Waals surface area contributed by atoms with E-state index < -0.39 is 0 Å². The van der Waals surface area contributed by atoms with Gasteiger partial charge >= 0.3 is 0 Å². The molecule has 4 atom stereocenters. The summed E-state index contributed by atoms with van der Waals surface area (Å²) in [6.45, 7) is 0. The molecule has 1 aromatic carbocycles. The number of aromatic nitrogens is 2. The van der Waals surface area contributed by atoms with Crippen molar-refractivity contribution in [1.82, 2.24) is 15.0 Å². The molecule has 4 heterocycles. The number of rotatable bonds is 3. The van der Waals surface area contributed by atoms with Crippen molar-refractivity contribution >= 4 is 22.9 Å². The third kappa shape index (κ3) is 2.70. The van der Waals surface area contributed by atoms with Gasteiger partial charge < -0.3 is 4.52 Å². The van der Waals surface area contributed by atoms with E-state index in [0.29, 0.717) is 23.8 Å². The summed E-state index contributed by atoms with van der Waals surface area (Å²) in [5, 5.41) is 7.08. The fraction of sp³-hybridized carbons (Fsp3) is 0.400. The summed E-state index contributed by atoms with van der Waals surface area (Å²) in [5.41, 5.74) is 1.32. The van der Waals surface area contributed by atoms with Gasteiger partial charge in [-0.05, 0) is 61.4 Å². The Labute approximate surface area is 161 Å². The Hall–Kier alpha value is -1.69. The third-order valence-electron chi connectivity index (χ3n) is 6.04. The van der Waals surface area contributed by atoms with Crippen LogP contribution in [0, 0.1) is 0 Å². The maximum atomic E-state index is 6.11. The summed E-state index contributed by atoms with van der Waals surface area (Å²) >= 11 is 7.75.